The molecule has 1 aliphatic heterocycles. The molecule has 0 unspecified atom stereocenters. The molecule has 1 N–H and O–H groups in total. The molecule has 6 nitrogen and oxygen atoms in total. The number of carbonyl (C=O) groups excluding carboxylic acids is 1. The van der Waals surface area contributed by atoms with Crippen LogP contribution in [0.5, 0.6) is 0 Å². The summed E-state index contributed by atoms with van der Waals surface area (Å²) in [7, 11) is 0. The quantitative estimate of drug-likeness (QED) is 0.489. The third-order valence-corrected chi connectivity index (χ3v) is 5.81. The minimum absolute atomic E-state index is 0.126. The number of hydrogen-bond donors (Lipinski definition) is 1. The van der Waals surface area contributed by atoms with Crippen LogP contribution in [-0.4, -0.2) is 32.0 Å². The molecule has 1 aliphatic rings. The van der Waals surface area contributed by atoms with Gasteiger partial charge < -0.3 is 5.32 Å². The fourth-order valence-corrected chi connectivity index (χ4v) is 4.17. The Morgan fingerprint density at radius 2 is 1.90 bits per heavy atom. The van der Waals surface area contributed by atoms with Crippen LogP contribution in [-0.2, 0) is 19.4 Å². The molecule has 1 amide bonds. The predicted octanol–water partition coefficient (Wildman–Crippen LogP) is 3.96. The van der Waals surface area contributed by atoms with Gasteiger partial charge >= 0.3 is 0 Å². The van der Waals surface area contributed by atoms with Crippen LogP contribution in [0.3, 0.4) is 0 Å². The Morgan fingerprint density at radius 3 is 2.74 bits per heavy atom. The maximum atomic E-state index is 12.7. The second-order valence-electron chi connectivity index (χ2n) is 7.95. The maximum absolute atomic E-state index is 12.7. The predicted molar refractivity (Wildman–Crippen MR) is 120 cm³/mol. The average Bonchev–Trinajstić information content (AvgIpc) is 3.42. The molecule has 0 radical (unpaired) electrons. The van der Waals surface area contributed by atoms with Crippen molar-refractivity contribution < 1.29 is 4.79 Å². The van der Waals surface area contributed by atoms with Crippen LogP contribution >= 0.6 is 0 Å². The van der Waals surface area contributed by atoms with Crippen LogP contribution in [0, 0.1) is 6.92 Å². The molecule has 156 valence electrons. The van der Waals surface area contributed by atoms with Gasteiger partial charge in [-0.1, -0.05) is 48.5 Å². The van der Waals surface area contributed by atoms with Gasteiger partial charge in [0.1, 0.15) is 0 Å². The highest BCUT2D eigenvalue weighted by atomic mass is 16.1. The van der Waals surface area contributed by atoms with Crippen LogP contribution in [0.25, 0.3) is 17.1 Å². The Labute approximate surface area is 181 Å². The number of carbonyl (C=O) groups is 1. The molecule has 31 heavy (non-hydrogen) atoms. The first kappa shape index (κ1) is 19.3. The highest BCUT2D eigenvalue weighted by molar-refractivity contribution is 5.93. The Hall–Kier alpha value is -3.67. The standard InChI is InChI=1S/C25H25N5O/c1-18-8-5-6-12-22(18)30-24-20(17-27-30)13-15-29-23(24)16-21(28-29)25(31)26-14-7-11-19-9-3-2-4-10-19/h2-6,8-10,12,16-17H,7,11,13-15H2,1H3,(H,26,31). The maximum Gasteiger partial charge on any atom is 0.271 e. The third-order valence-electron chi connectivity index (χ3n) is 5.81. The molecular formula is C25H25N5O. The van der Waals surface area contributed by atoms with Crippen molar-refractivity contribution in [3.05, 3.63) is 89.2 Å². The summed E-state index contributed by atoms with van der Waals surface area (Å²) in [6.45, 7) is 3.46. The molecule has 0 saturated carbocycles. The Balaban J connectivity index is 1.33. The number of para-hydroxylation sites is 1. The lowest BCUT2D eigenvalue weighted by Crippen LogP contribution is -2.25. The van der Waals surface area contributed by atoms with Crippen molar-refractivity contribution in [2.24, 2.45) is 0 Å². The van der Waals surface area contributed by atoms with Gasteiger partial charge in [-0.2, -0.15) is 10.2 Å². The summed E-state index contributed by atoms with van der Waals surface area (Å²) in [5.74, 6) is -0.126. The average molecular weight is 412 g/mol. The lowest BCUT2D eigenvalue weighted by atomic mass is 10.1. The highest BCUT2D eigenvalue weighted by Gasteiger charge is 2.25. The van der Waals surface area contributed by atoms with Crippen LogP contribution < -0.4 is 5.32 Å². The van der Waals surface area contributed by atoms with Gasteiger partial charge in [-0.3, -0.25) is 9.48 Å². The van der Waals surface area contributed by atoms with Gasteiger partial charge in [0.05, 0.1) is 23.3 Å². The number of aryl methyl sites for hydroxylation is 4. The number of nitrogens with zero attached hydrogens (tertiary/aromatic N) is 4. The van der Waals surface area contributed by atoms with Crippen molar-refractivity contribution in [2.75, 3.05) is 6.54 Å². The van der Waals surface area contributed by atoms with Crippen molar-refractivity contribution in [3.63, 3.8) is 0 Å². The fraction of sp³-hybridized carbons (Fsp3) is 0.240. The summed E-state index contributed by atoms with van der Waals surface area (Å²) in [5, 5.41) is 12.2. The van der Waals surface area contributed by atoms with E-state index in [0.717, 1.165) is 48.4 Å². The van der Waals surface area contributed by atoms with E-state index in [2.05, 4.69) is 46.7 Å². The molecule has 3 heterocycles. The second kappa shape index (κ2) is 8.22. The molecular weight excluding hydrogens is 386 g/mol. The highest BCUT2D eigenvalue weighted by Crippen LogP contribution is 2.32. The van der Waals surface area contributed by atoms with E-state index in [1.807, 2.05) is 52.0 Å². The van der Waals surface area contributed by atoms with E-state index in [-0.39, 0.29) is 5.91 Å². The number of hydrogen-bond acceptors (Lipinski definition) is 3. The second-order valence-corrected chi connectivity index (χ2v) is 7.95. The molecule has 4 aromatic rings. The third kappa shape index (κ3) is 3.77. The first-order valence-electron chi connectivity index (χ1n) is 10.7. The number of rotatable bonds is 6. The number of fused-ring (bicyclic) bond motifs is 3. The van der Waals surface area contributed by atoms with E-state index in [0.29, 0.717) is 12.2 Å². The lowest BCUT2D eigenvalue weighted by Gasteiger charge is -2.17. The van der Waals surface area contributed by atoms with Gasteiger partial charge in [-0.25, -0.2) is 4.68 Å². The van der Waals surface area contributed by atoms with Crippen LogP contribution in [0.15, 0.2) is 66.9 Å². The monoisotopic (exact) mass is 411 g/mol. The Bertz CT molecular complexity index is 1220. The van der Waals surface area contributed by atoms with Gasteiger partial charge in [0.15, 0.2) is 5.69 Å². The molecule has 0 bridgehead atoms. The molecule has 5 rings (SSSR count). The van der Waals surface area contributed by atoms with Crippen molar-refractivity contribution in [2.45, 2.75) is 32.7 Å². The Kier molecular flexibility index (Phi) is 5.12. The van der Waals surface area contributed by atoms with E-state index in [1.165, 1.54) is 11.1 Å². The number of amides is 1. The largest absolute Gasteiger partial charge is 0.351 e. The van der Waals surface area contributed by atoms with Gasteiger partial charge in [-0.05, 0) is 49.4 Å². The van der Waals surface area contributed by atoms with Crippen LogP contribution in [0.4, 0.5) is 0 Å². The molecule has 2 aromatic carbocycles. The summed E-state index contributed by atoms with van der Waals surface area (Å²) in [5.41, 5.74) is 7.09. The van der Waals surface area contributed by atoms with E-state index in [1.54, 1.807) is 0 Å². The van der Waals surface area contributed by atoms with Gasteiger partial charge in [0.25, 0.3) is 5.91 Å². The summed E-state index contributed by atoms with van der Waals surface area (Å²) in [4.78, 5) is 12.7. The zero-order chi connectivity index (χ0) is 21.2. The number of benzene rings is 2. The van der Waals surface area contributed by atoms with E-state index < -0.39 is 0 Å². The molecule has 0 fully saturated rings. The normalized spacial score (nSPS) is 12.3. The minimum atomic E-state index is -0.126. The molecule has 0 aliphatic carbocycles. The zero-order valence-electron chi connectivity index (χ0n) is 17.6. The van der Waals surface area contributed by atoms with E-state index in [9.17, 15) is 4.79 Å². The minimum Gasteiger partial charge on any atom is -0.351 e. The molecule has 0 atom stereocenters. The summed E-state index contributed by atoms with van der Waals surface area (Å²) >= 11 is 0. The lowest BCUT2D eigenvalue weighted by molar-refractivity contribution is 0.0947. The smallest absolute Gasteiger partial charge is 0.271 e. The van der Waals surface area contributed by atoms with E-state index >= 15 is 0 Å². The number of aromatic nitrogens is 4. The van der Waals surface area contributed by atoms with Crippen LogP contribution in [0.2, 0.25) is 0 Å². The van der Waals surface area contributed by atoms with Gasteiger partial charge in [0, 0.05) is 18.7 Å². The summed E-state index contributed by atoms with van der Waals surface area (Å²) in [6.07, 6.45) is 4.63. The zero-order valence-corrected chi connectivity index (χ0v) is 17.6. The van der Waals surface area contributed by atoms with Gasteiger partial charge in [-0.15, -0.1) is 0 Å². The molecule has 2 aromatic heterocycles. The molecule has 0 spiro atoms. The summed E-state index contributed by atoms with van der Waals surface area (Å²) in [6, 6.07) is 20.4. The Morgan fingerprint density at radius 1 is 1.10 bits per heavy atom. The SMILES string of the molecule is Cc1ccccc1-n1ncc2c1-c1cc(C(=O)NCCCc3ccccc3)nn1CC2. The van der Waals surface area contributed by atoms with Crippen molar-refractivity contribution in [1.82, 2.24) is 24.9 Å². The summed E-state index contributed by atoms with van der Waals surface area (Å²) < 4.78 is 3.90. The first-order valence-corrected chi connectivity index (χ1v) is 10.7. The molecule has 0 saturated heterocycles. The van der Waals surface area contributed by atoms with E-state index in [4.69, 9.17) is 0 Å². The topological polar surface area (TPSA) is 64.7 Å². The first-order chi connectivity index (χ1) is 15.2. The van der Waals surface area contributed by atoms with Crippen molar-refractivity contribution in [1.29, 1.82) is 0 Å². The van der Waals surface area contributed by atoms with Crippen molar-refractivity contribution in [3.8, 4) is 17.1 Å². The van der Waals surface area contributed by atoms with Crippen LogP contribution in [0.1, 0.15) is 33.6 Å². The fourth-order valence-electron chi connectivity index (χ4n) is 4.17. The van der Waals surface area contributed by atoms with Gasteiger partial charge in [0.2, 0.25) is 0 Å². The molecule has 6 heteroatoms. The van der Waals surface area contributed by atoms with Crippen molar-refractivity contribution >= 4 is 5.91 Å². The number of nitrogens with one attached hydrogen (secondary N) is 1.